The Bertz CT molecular complexity index is 545. The molecule has 2 amide bonds. The highest BCUT2D eigenvalue weighted by molar-refractivity contribution is 5.85. The molecule has 0 radical (unpaired) electrons. The van der Waals surface area contributed by atoms with Crippen LogP contribution in [0, 0.1) is 5.41 Å². The molecular formula is C19H30ClN3O2. The fourth-order valence-corrected chi connectivity index (χ4v) is 3.41. The van der Waals surface area contributed by atoms with Crippen molar-refractivity contribution in [1.29, 1.82) is 0 Å². The van der Waals surface area contributed by atoms with Gasteiger partial charge in [-0.15, -0.1) is 12.4 Å². The van der Waals surface area contributed by atoms with Crippen LogP contribution in [-0.4, -0.2) is 36.9 Å². The molecule has 0 bridgehead atoms. The second-order valence-electron chi connectivity index (χ2n) is 6.95. The van der Waals surface area contributed by atoms with Gasteiger partial charge in [0.25, 0.3) is 0 Å². The van der Waals surface area contributed by atoms with Crippen LogP contribution in [0.3, 0.4) is 0 Å². The summed E-state index contributed by atoms with van der Waals surface area (Å²) in [6.07, 6.45) is 5.97. The Morgan fingerprint density at radius 2 is 1.80 bits per heavy atom. The van der Waals surface area contributed by atoms with Crippen molar-refractivity contribution < 1.29 is 9.59 Å². The summed E-state index contributed by atoms with van der Waals surface area (Å²) >= 11 is 0. The number of carbonyl (C=O) groups excluding carboxylic acids is 2. The average molecular weight is 368 g/mol. The van der Waals surface area contributed by atoms with Gasteiger partial charge in [0.1, 0.15) is 0 Å². The Morgan fingerprint density at radius 3 is 2.40 bits per heavy atom. The second-order valence-corrected chi connectivity index (χ2v) is 6.95. The Balaban J connectivity index is 0.00000312. The first-order chi connectivity index (χ1) is 11.5. The van der Waals surface area contributed by atoms with E-state index in [-0.39, 0.29) is 36.2 Å². The molecule has 1 aliphatic carbocycles. The molecular weight excluding hydrogens is 338 g/mol. The summed E-state index contributed by atoms with van der Waals surface area (Å²) < 4.78 is 0. The summed E-state index contributed by atoms with van der Waals surface area (Å²) in [5.74, 6) is -0.151. The van der Waals surface area contributed by atoms with Gasteiger partial charge in [-0.2, -0.15) is 0 Å². The highest BCUT2D eigenvalue weighted by Crippen LogP contribution is 2.38. The van der Waals surface area contributed by atoms with Crippen molar-refractivity contribution >= 4 is 24.2 Å². The molecule has 3 N–H and O–H groups in total. The molecule has 1 fully saturated rings. The highest BCUT2D eigenvalue weighted by atomic mass is 35.5. The highest BCUT2D eigenvalue weighted by Gasteiger charge is 2.33. The first-order valence-corrected chi connectivity index (χ1v) is 8.79. The minimum atomic E-state index is -0.0855. The predicted octanol–water partition coefficient (Wildman–Crippen LogP) is 2.48. The van der Waals surface area contributed by atoms with E-state index in [2.05, 4.69) is 5.32 Å². The van der Waals surface area contributed by atoms with Crippen molar-refractivity contribution in [3.05, 3.63) is 35.9 Å². The van der Waals surface area contributed by atoms with E-state index in [1.165, 1.54) is 6.42 Å². The third kappa shape index (κ3) is 6.67. The number of nitrogens with zero attached hydrogens (tertiary/aromatic N) is 1. The molecule has 6 heteroatoms. The molecule has 2 rings (SSSR count). The summed E-state index contributed by atoms with van der Waals surface area (Å²) in [7, 11) is 1.75. The lowest BCUT2D eigenvalue weighted by molar-refractivity contribution is -0.133. The summed E-state index contributed by atoms with van der Waals surface area (Å²) in [6.45, 7) is 1.13. The Morgan fingerprint density at radius 1 is 1.16 bits per heavy atom. The number of nitrogens with two attached hydrogens (primary N) is 1. The van der Waals surface area contributed by atoms with Gasteiger partial charge >= 0.3 is 0 Å². The van der Waals surface area contributed by atoms with Gasteiger partial charge in [0.15, 0.2) is 0 Å². The maximum absolute atomic E-state index is 12.2. The van der Waals surface area contributed by atoms with Crippen LogP contribution in [-0.2, 0) is 16.1 Å². The fraction of sp³-hybridized carbons (Fsp3) is 0.579. The van der Waals surface area contributed by atoms with Crippen molar-refractivity contribution in [3.63, 3.8) is 0 Å². The van der Waals surface area contributed by atoms with Gasteiger partial charge in [-0.3, -0.25) is 9.59 Å². The second kappa shape index (κ2) is 10.4. The van der Waals surface area contributed by atoms with E-state index in [1.807, 2.05) is 30.3 Å². The van der Waals surface area contributed by atoms with E-state index in [1.54, 1.807) is 11.9 Å². The SMILES string of the molecule is CN(Cc1ccccc1)C(=O)CNC(=O)CC1(CN)CCCCC1.Cl. The predicted molar refractivity (Wildman–Crippen MR) is 102 cm³/mol. The zero-order valence-electron chi connectivity index (χ0n) is 15.0. The van der Waals surface area contributed by atoms with Gasteiger partial charge in [-0.25, -0.2) is 0 Å². The molecule has 0 unspecified atom stereocenters. The Labute approximate surface area is 156 Å². The van der Waals surface area contributed by atoms with Crippen LogP contribution >= 0.6 is 12.4 Å². The molecule has 1 aliphatic rings. The zero-order chi connectivity index (χ0) is 17.4. The van der Waals surface area contributed by atoms with Crippen LogP contribution in [0.2, 0.25) is 0 Å². The molecule has 0 atom stereocenters. The van der Waals surface area contributed by atoms with Crippen molar-refractivity contribution in [3.8, 4) is 0 Å². The number of benzene rings is 1. The number of rotatable bonds is 7. The van der Waals surface area contributed by atoms with E-state index in [4.69, 9.17) is 5.73 Å². The summed E-state index contributed by atoms with van der Waals surface area (Å²) in [6, 6.07) is 9.81. The fourth-order valence-electron chi connectivity index (χ4n) is 3.41. The van der Waals surface area contributed by atoms with Gasteiger partial charge in [-0.1, -0.05) is 49.6 Å². The molecule has 0 spiro atoms. The van der Waals surface area contributed by atoms with Gasteiger partial charge in [0.2, 0.25) is 11.8 Å². The molecule has 1 aromatic rings. The summed E-state index contributed by atoms with van der Waals surface area (Å²) in [5.41, 5.74) is 6.93. The van der Waals surface area contributed by atoms with E-state index in [0.717, 1.165) is 31.2 Å². The maximum Gasteiger partial charge on any atom is 0.242 e. The normalized spacial score (nSPS) is 15.8. The van der Waals surface area contributed by atoms with Crippen LogP contribution in [0.5, 0.6) is 0 Å². The number of likely N-dealkylation sites (N-methyl/N-ethyl adjacent to an activating group) is 1. The number of amides is 2. The largest absolute Gasteiger partial charge is 0.347 e. The van der Waals surface area contributed by atoms with Crippen LogP contribution in [0.4, 0.5) is 0 Å². The van der Waals surface area contributed by atoms with Gasteiger partial charge in [0, 0.05) is 20.0 Å². The molecule has 0 aliphatic heterocycles. The van der Waals surface area contributed by atoms with E-state index in [9.17, 15) is 9.59 Å². The van der Waals surface area contributed by atoms with Crippen molar-refractivity contribution in [2.24, 2.45) is 11.1 Å². The van der Waals surface area contributed by atoms with Crippen molar-refractivity contribution in [2.45, 2.75) is 45.1 Å². The monoisotopic (exact) mass is 367 g/mol. The molecule has 0 heterocycles. The maximum atomic E-state index is 12.2. The number of carbonyl (C=O) groups is 2. The molecule has 0 saturated heterocycles. The van der Waals surface area contributed by atoms with E-state index >= 15 is 0 Å². The Hall–Kier alpha value is -1.59. The lowest BCUT2D eigenvalue weighted by atomic mass is 9.71. The average Bonchev–Trinajstić information content (AvgIpc) is 2.61. The molecule has 0 aromatic heterocycles. The lowest BCUT2D eigenvalue weighted by Gasteiger charge is -2.35. The molecule has 1 saturated carbocycles. The Kier molecular flexibility index (Phi) is 8.93. The number of hydrogen-bond donors (Lipinski definition) is 2. The lowest BCUT2D eigenvalue weighted by Crippen LogP contribution is -2.42. The zero-order valence-corrected chi connectivity index (χ0v) is 15.8. The first-order valence-electron chi connectivity index (χ1n) is 8.79. The molecule has 25 heavy (non-hydrogen) atoms. The van der Waals surface area contributed by atoms with Crippen LogP contribution in [0.1, 0.15) is 44.1 Å². The molecule has 1 aromatic carbocycles. The minimum absolute atomic E-state index is 0. The number of halogens is 1. The quantitative estimate of drug-likeness (QED) is 0.777. The van der Waals surface area contributed by atoms with E-state index < -0.39 is 0 Å². The third-order valence-electron chi connectivity index (χ3n) is 5.01. The van der Waals surface area contributed by atoms with Gasteiger partial charge in [-0.05, 0) is 30.4 Å². The summed E-state index contributed by atoms with van der Waals surface area (Å²) in [4.78, 5) is 26.0. The van der Waals surface area contributed by atoms with Gasteiger partial charge in [0.05, 0.1) is 6.54 Å². The standard InChI is InChI=1S/C19H29N3O2.ClH/c1-22(14-16-8-4-2-5-9-16)18(24)13-21-17(23)12-19(15-20)10-6-3-7-11-19;/h2,4-5,8-9H,3,6-7,10-15,20H2,1H3,(H,21,23);1H. The van der Waals surface area contributed by atoms with Crippen LogP contribution in [0.15, 0.2) is 30.3 Å². The summed E-state index contributed by atoms with van der Waals surface area (Å²) in [5, 5.41) is 2.77. The van der Waals surface area contributed by atoms with Crippen molar-refractivity contribution in [1.82, 2.24) is 10.2 Å². The van der Waals surface area contributed by atoms with Crippen LogP contribution in [0.25, 0.3) is 0 Å². The van der Waals surface area contributed by atoms with E-state index in [0.29, 0.717) is 19.5 Å². The molecule has 140 valence electrons. The van der Waals surface area contributed by atoms with Crippen molar-refractivity contribution in [2.75, 3.05) is 20.1 Å². The third-order valence-corrected chi connectivity index (χ3v) is 5.01. The van der Waals surface area contributed by atoms with Crippen LogP contribution < -0.4 is 11.1 Å². The number of nitrogens with one attached hydrogen (secondary N) is 1. The first kappa shape index (κ1) is 21.5. The smallest absolute Gasteiger partial charge is 0.242 e. The topological polar surface area (TPSA) is 75.4 Å². The minimum Gasteiger partial charge on any atom is -0.347 e. The number of hydrogen-bond acceptors (Lipinski definition) is 3. The van der Waals surface area contributed by atoms with Gasteiger partial charge < -0.3 is 16.0 Å². The molecule has 5 nitrogen and oxygen atoms in total.